The number of amides is 1. The summed E-state index contributed by atoms with van der Waals surface area (Å²) in [6, 6.07) is 20.3. The van der Waals surface area contributed by atoms with Crippen LogP contribution in [0.2, 0.25) is 5.02 Å². The first-order chi connectivity index (χ1) is 12.7. The van der Waals surface area contributed by atoms with Gasteiger partial charge in [0.1, 0.15) is 11.5 Å². The third-order valence-electron chi connectivity index (χ3n) is 3.77. The van der Waals surface area contributed by atoms with Gasteiger partial charge in [0.05, 0.1) is 5.02 Å². The van der Waals surface area contributed by atoms with Crippen molar-refractivity contribution >= 4 is 23.2 Å². The van der Waals surface area contributed by atoms with Crippen molar-refractivity contribution in [1.82, 2.24) is 4.98 Å². The second-order valence-electron chi connectivity index (χ2n) is 5.78. The molecule has 3 aromatic rings. The third-order valence-corrected chi connectivity index (χ3v) is 4.08. The molecule has 0 fully saturated rings. The molecule has 0 saturated carbocycles. The Morgan fingerprint density at radius 1 is 1.00 bits per heavy atom. The lowest BCUT2D eigenvalue weighted by molar-refractivity contribution is -0.116. The van der Waals surface area contributed by atoms with Crippen molar-refractivity contribution in [2.24, 2.45) is 0 Å². The Morgan fingerprint density at radius 2 is 1.77 bits per heavy atom. The summed E-state index contributed by atoms with van der Waals surface area (Å²) in [6.07, 6.45) is 3.77. The smallest absolute Gasteiger partial charge is 0.224 e. The number of hydrogen-bond acceptors (Lipinski definition) is 3. The van der Waals surface area contributed by atoms with Crippen molar-refractivity contribution in [2.45, 2.75) is 19.3 Å². The van der Waals surface area contributed by atoms with Crippen LogP contribution in [0.25, 0.3) is 0 Å². The van der Waals surface area contributed by atoms with Crippen LogP contribution >= 0.6 is 11.6 Å². The number of aryl methyl sites for hydroxylation is 1. The van der Waals surface area contributed by atoms with Crippen LogP contribution in [0.4, 0.5) is 5.69 Å². The molecule has 1 heterocycles. The average molecular weight is 367 g/mol. The van der Waals surface area contributed by atoms with E-state index < -0.39 is 0 Å². The number of aromatic nitrogens is 1. The van der Waals surface area contributed by atoms with E-state index in [0.29, 0.717) is 22.9 Å². The zero-order valence-corrected chi connectivity index (χ0v) is 14.9. The molecule has 1 amide bonds. The number of ether oxygens (including phenoxy) is 1. The number of para-hydroxylation sites is 1. The van der Waals surface area contributed by atoms with Crippen molar-refractivity contribution in [1.29, 1.82) is 0 Å². The number of carbonyl (C=O) groups is 1. The molecular weight excluding hydrogens is 348 g/mol. The standard InChI is InChI=1S/C21H19ClN2O2/c22-19-8-1-2-9-20(19)26-18-13-11-17(12-14-18)24-21(25)10-5-7-16-6-3-4-15-23-16/h1-4,6,8-9,11-15H,5,7,10H2,(H,24,25). The molecule has 3 rings (SSSR count). The average Bonchev–Trinajstić information content (AvgIpc) is 2.66. The molecule has 2 aromatic carbocycles. The van der Waals surface area contributed by atoms with Gasteiger partial charge < -0.3 is 10.1 Å². The summed E-state index contributed by atoms with van der Waals surface area (Å²) in [5.41, 5.74) is 1.74. The van der Waals surface area contributed by atoms with E-state index in [9.17, 15) is 4.79 Å². The van der Waals surface area contributed by atoms with Gasteiger partial charge in [-0.2, -0.15) is 0 Å². The number of anilines is 1. The van der Waals surface area contributed by atoms with Crippen molar-refractivity contribution in [3.63, 3.8) is 0 Å². The number of nitrogens with zero attached hydrogens (tertiary/aromatic N) is 1. The summed E-state index contributed by atoms with van der Waals surface area (Å²) in [4.78, 5) is 16.3. The largest absolute Gasteiger partial charge is 0.456 e. The van der Waals surface area contributed by atoms with Gasteiger partial charge in [-0.25, -0.2) is 0 Å². The van der Waals surface area contributed by atoms with Gasteiger partial charge in [0.25, 0.3) is 0 Å². The molecule has 26 heavy (non-hydrogen) atoms. The Kier molecular flexibility index (Phi) is 6.23. The van der Waals surface area contributed by atoms with E-state index in [2.05, 4.69) is 10.3 Å². The summed E-state index contributed by atoms with van der Waals surface area (Å²) in [5.74, 6) is 1.24. The van der Waals surface area contributed by atoms with E-state index in [0.717, 1.165) is 24.2 Å². The van der Waals surface area contributed by atoms with Crippen molar-refractivity contribution in [3.05, 3.63) is 83.6 Å². The molecule has 0 radical (unpaired) electrons. The van der Waals surface area contributed by atoms with Gasteiger partial charge in [0, 0.05) is 24.0 Å². The Labute approximate surface area is 157 Å². The van der Waals surface area contributed by atoms with Crippen LogP contribution in [0.15, 0.2) is 72.9 Å². The number of rotatable bonds is 7. The highest BCUT2D eigenvalue weighted by Crippen LogP contribution is 2.29. The highest BCUT2D eigenvalue weighted by molar-refractivity contribution is 6.32. The van der Waals surface area contributed by atoms with E-state index >= 15 is 0 Å². The highest BCUT2D eigenvalue weighted by atomic mass is 35.5. The van der Waals surface area contributed by atoms with Crippen LogP contribution in [-0.4, -0.2) is 10.9 Å². The Morgan fingerprint density at radius 3 is 2.50 bits per heavy atom. The third kappa shape index (κ3) is 5.33. The molecular formula is C21H19ClN2O2. The lowest BCUT2D eigenvalue weighted by Crippen LogP contribution is -2.11. The topological polar surface area (TPSA) is 51.2 Å². The van der Waals surface area contributed by atoms with Gasteiger partial charge in [-0.05, 0) is 61.4 Å². The van der Waals surface area contributed by atoms with Gasteiger partial charge in [-0.15, -0.1) is 0 Å². The lowest BCUT2D eigenvalue weighted by Gasteiger charge is -2.09. The minimum Gasteiger partial charge on any atom is -0.456 e. The minimum atomic E-state index is -0.0132. The molecule has 0 atom stereocenters. The second kappa shape index (κ2) is 9.02. The predicted octanol–water partition coefficient (Wildman–Crippen LogP) is 5.49. The van der Waals surface area contributed by atoms with E-state index in [1.54, 1.807) is 30.5 Å². The Balaban J connectivity index is 1.47. The second-order valence-corrected chi connectivity index (χ2v) is 6.19. The van der Waals surface area contributed by atoms with E-state index in [-0.39, 0.29) is 5.91 Å². The molecule has 0 saturated heterocycles. The molecule has 0 spiro atoms. The number of nitrogens with one attached hydrogen (secondary N) is 1. The fourth-order valence-corrected chi connectivity index (χ4v) is 2.63. The van der Waals surface area contributed by atoms with Crippen LogP contribution in [0.1, 0.15) is 18.5 Å². The number of hydrogen-bond donors (Lipinski definition) is 1. The van der Waals surface area contributed by atoms with Crippen molar-refractivity contribution < 1.29 is 9.53 Å². The summed E-state index contributed by atoms with van der Waals surface area (Å²) in [5, 5.41) is 3.44. The molecule has 1 N–H and O–H groups in total. The lowest BCUT2D eigenvalue weighted by atomic mass is 10.1. The van der Waals surface area contributed by atoms with E-state index in [1.807, 2.05) is 42.5 Å². The van der Waals surface area contributed by atoms with Crippen LogP contribution in [0, 0.1) is 0 Å². The summed E-state index contributed by atoms with van der Waals surface area (Å²) >= 11 is 6.08. The first-order valence-corrected chi connectivity index (χ1v) is 8.81. The van der Waals surface area contributed by atoms with E-state index in [1.165, 1.54) is 0 Å². The first kappa shape index (κ1) is 18.0. The van der Waals surface area contributed by atoms with Gasteiger partial charge in [-0.1, -0.05) is 29.8 Å². The maximum absolute atomic E-state index is 12.0. The molecule has 0 aliphatic carbocycles. The monoisotopic (exact) mass is 366 g/mol. The number of carbonyl (C=O) groups excluding carboxylic acids is 1. The fourth-order valence-electron chi connectivity index (χ4n) is 2.46. The van der Waals surface area contributed by atoms with Gasteiger partial charge >= 0.3 is 0 Å². The van der Waals surface area contributed by atoms with Crippen molar-refractivity contribution in [3.8, 4) is 11.5 Å². The number of halogens is 1. The number of benzene rings is 2. The summed E-state index contributed by atoms with van der Waals surface area (Å²) in [7, 11) is 0. The van der Waals surface area contributed by atoms with Crippen LogP contribution in [0.5, 0.6) is 11.5 Å². The number of pyridine rings is 1. The summed E-state index contributed by atoms with van der Waals surface area (Å²) < 4.78 is 5.73. The Hall–Kier alpha value is -2.85. The van der Waals surface area contributed by atoms with Crippen LogP contribution in [-0.2, 0) is 11.2 Å². The van der Waals surface area contributed by atoms with Gasteiger partial charge in [-0.3, -0.25) is 9.78 Å². The summed E-state index contributed by atoms with van der Waals surface area (Å²) in [6.45, 7) is 0. The van der Waals surface area contributed by atoms with Gasteiger partial charge in [0.15, 0.2) is 0 Å². The zero-order valence-electron chi connectivity index (χ0n) is 14.2. The normalized spacial score (nSPS) is 10.3. The van der Waals surface area contributed by atoms with Gasteiger partial charge in [0.2, 0.25) is 5.91 Å². The molecule has 0 bridgehead atoms. The molecule has 5 heteroatoms. The van der Waals surface area contributed by atoms with Crippen LogP contribution in [0.3, 0.4) is 0 Å². The molecule has 1 aromatic heterocycles. The molecule has 132 valence electrons. The molecule has 0 unspecified atom stereocenters. The Bertz CT molecular complexity index is 851. The highest BCUT2D eigenvalue weighted by Gasteiger charge is 2.05. The molecule has 4 nitrogen and oxygen atoms in total. The zero-order chi connectivity index (χ0) is 18.2. The van der Waals surface area contributed by atoms with Crippen LogP contribution < -0.4 is 10.1 Å². The van der Waals surface area contributed by atoms with Crippen molar-refractivity contribution in [2.75, 3.05) is 5.32 Å². The maximum atomic E-state index is 12.0. The fraction of sp³-hybridized carbons (Fsp3) is 0.143. The predicted molar refractivity (Wildman–Crippen MR) is 104 cm³/mol. The molecule has 0 aliphatic heterocycles. The maximum Gasteiger partial charge on any atom is 0.224 e. The first-order valence-electron chi connectivity index (χ1n) is 8.43. The van der Waals surface area contributed by atoms with E-state index in [4.69, 9.17) is 16.3 Å². The quantitative estimate of drug-likeness (QED) is 0.601. The minimum absolute atomic E-state index is 0.0132. The molecule has 0 aliphatic rings. The SMILES string of the molecule is O=C(CCCc1ccccn1)Nc1ccc(Oc2ccccc2Cl)cc1.